The summed E-state index contributed by atoms with van der Waals surface area (Å²) in [6.07, 6.45) is 2.82. The third-order valence-electron chi connectivity index (χ3n) is 2.10. The molecule has 6 heteroatoms. The molecule has 1 rings (SSSR count). The van der Waals surface area contributed by atoms with Gasteiger partial charge < -0.3 is 4.74 Å². The van der Waals surface area contributed by atoms with Crippen LogP contribution in [0.25, 0.3) is 0 Å². The highest BCUT2D eigenvalue weighted by molar-refractivity contribution is 7.89. The van der Waals surface area contributed by atoms with Crippen molar-refractivity contribution in [2.24, 2.45) is 0 Å². The minimum atomic E-state index is -3.67. The van der Waals surface area contributed by atoms with Crippen molar-refractivity contribution < 1.29 is 17.9 Å². The van der Waals surface area contributed by atoms with Crippen LogP contribution >= 0.6 is 0 Å². The third-order valence-corrected chi connectivity index (χ3v) is 2.59. The van der Waals surface area contributed by atoms with E-state index in [1.807, 2.05) is 6.92 Å². The third kappa shape index (κ3) is 5.18. The van der Waals surface area contributed by atoms with Crippen molar-refractivity contribution in [3.8, 4) is 5.75 Å². The molecule has 1 aromatic carbocycles. The second-order valence-corrected chi connectivity index (χ2v) is 5.51. The summed E-state index contributed by atoms with van der Waals surface area (Å²) in [5.74, 6) is -0.239. The number of ether oxygens (including phenoxy) is 1. The monoisotopic (exact) mass is 270 g/mol. The Labute approximate surface area is 107 Å². The summed E-state index contributed by atoms with van der Waals surface area (Å²) < 4.78 is 30.3. The molecule has 1 radical (unpaired) electrons. The summed E-state index contributed by atoms with van der Waals surface area (Å²) in [7, 11) is -3.67. The van der Waals surface area contributed by atoms with Crippen molar-refractivity contribution in [1.29, 1.82) is 0 Å². The summed E-state index contributed by atoms with van der Waals surface area (Å²) >= 11 is 0. The van der Waals surface area contributed by atoms with Crippen LogP contribution in [-0.2, 0) is 10.0 Å². The highest BCUT2D eigenvalue weighted by Crippen LogP contribution is 2.14. The average molecular weight is 270 g/mol. The first-order valence-corrected chi connectivity index (χ1v) is 7.47. The van der Waals surface area contributed by atoms with Crippen LogP contribution in [0.15, 0.2) is 24.3 Å². The van der Waals surface area contributed by atoms with Crippen LogP contribution in [-0.4, -0.2) is 27.2 Å². The van der Waals surface area contributed by atoms with Gasteiger partial charge in [-0.15, -0.1) is 4.72 Å². The van der Waals surface area contributed by atoms with E-state index in [9.17, 15) is 13.2 Å². The van der Waals surface area contributed by atoms with Crippen LogP contribution in [0.4, 0.5) is 0 Å². The molecule has 0 saturated heterocycles. The van der Waals surface area contributed by atoms with E-state index in [1.165, 1.54) is 12.1 Å². The van der Waals surface area contributed by atoms with Crippen LogP contribution in [0.1, 0.15) is 30.1 Å². The highest BCUT2D eigenvalue weighted by atomic mass is 32.2. The lowest BCUT2D eigenvalue weighted by atomic mass is 10.2. The molecule has 0 fully saturated rings. The summed E-state index contributed by atoms with van der Waals surface area (Å²) in [6, 6.07) is 6.34. The number of nitrogens with zero attached hydrogens (tertiary/aromatic N) is 1. The van der Waals surface area contributed by atoms with Gasteiger partial charge in [0.15, 0.2) is 0 Å². The molecule has 0 bridgehead atoms. The molecule has 5 nitrogen and oxygen atoms in total. The zero-order valence-electron chi connectivity index (χ0n) is 10.4. The Balaban J connectivity index is 2.72. The second kappa shape index (κ2) is 6.39. The first kappa shape index (κ1) is 14.5. The van der Waals surface area contributed by atoms with Gasteiger partial charge in [-0.1, -0.05) is 19.4 Å². The van der Waals surface area contributed by atoms with Crippen molar-refractivity contribution in [3.63, 3.8) is 0 Å². The van der Waals surface area contributed by atoms with E-state index < -0.39 is 15.9 Å². The molecule has 99 valence electrons. The summed E-state index contributed by atoms with van der Waals surface area (Å²) in [5, 5.41) is 0. The molecule has 18 heavy (non-hydrogen) atoms. The number of carbonyl (C=O) groups is 1. The van der Waals surface area contributed by atoms with Crippen molar-refractivity contribution in [3.05, 3.63) is 29.8 Å². The summed E-state index contributed by atoms with van der Waals surface area (Å²) in [4.78, 5) is 11.5. The van der Waals surface area contributed by atoms with Gasteiger partial charge in [-0.3, -0.25) is 4.79 Å². The van der Waals surface area contributed by atoms with Gasteiger partial charge in [-0.2, -0.15) is 0 Å². The number of hydrogen-bond acceptors (Lipinski definition) is 4. The van der Waals surface area contributed by atoms with E-state index in [0.29, 0.717) is 12.4 Å². The zero-order valence-corrected chi connectivity index (χ0v) is 11.2. The molecular formula is C12H16NO4S. The number of hydrogen-bond donors (Lipinski definition) is 0. The summed E-state index contributed by atoms with van der Waals surface area (Å²) in [6.45, 7) is 2.62. The lowest BCUT2D eigenvalue weighted by Gasteiger charge is -2.06. The Morgan fingerprint density at radius 1 is 1.39 bits per heavy atom. The SMILES string of the molecule is CCCCOc1cccc(C(=O)[N]S(C)(=O)=O)c1. The lowest BCUT2D eigenvalue weighted by Crippen LogP contribution is -2.21. The van der Waals surface area contributed by atoms with Crippen LogP contribution in [0, 0.1) is 0 Å². The zero-order chi connectivity index (χ0) is 13.6. The molecular weight excluding hydrogens is 254 g/mol. The fourth-order valence-electron chi connectivity index (χ4n) is 1.26. The maximum absolute atomic E-state index is 11.5. The molecule has 1 aromatic rings. The van der Waals surface area contributed by atoms with Gasteiger partial charge in [0.2, 0.25) is 0 Å². The molecule has 0 saturated carbocycles. The van der Waals surface area contributed by atoms with Crippen molar-refractivity contribution in [2.45, 2.75) is 19.8 Å². The molecule has 0 N–H and O–H groups in total. The standard InChI is InChI=1S/C12H16NO4S/c1-3-4-8-17-11-7-5-6-10(9-11)12(14)13-18(2,15)16/h5-7,9H,3-4,8H2,1-2H3. The Hall–Kier alpha value is -1.56. The van der Waals surface area contributed by atoms with E-state index in [0.717, 1.165) is 19.1 Å². The smallest absolute Gasteiger partial charge is 0.287 e. The number of amides is 1. The Kier molecular flexibility index (Phi) is 5.15. The number of rotatable bonds is 6. The van der Waals surface area contributed by atoms with Gasteiger partial charge in [-0.25, -0.2) is 8.42 Å². The van der Waals surface area contributed by atoms with E-state index in [4.69, 9.17) is 4.74 Å². The van der Waals surface area contributed by atoms with Gasteiger partial charge in [-0.05, 0) is 24.6 Å². The fraction of sp³-hybridized carbons (Fsp3) is 0.417. The van der Waals surface area contributed by atoms with Gasteiger partial charge in [0.1, 0.15) is 5.75 Å². The van der Waals surface area contributed by atoms with Crippen molar-refractivity contribution >= 4 is 15.9 Å². The molecule has 0 atom stereocenters. The molecule has 0 spiro atoms. The minimum Gasteiger partial charge on any atom is -0.494 e. The predicted octanol–water partition coefficient (Wildman–Crippen LogP) is 1.57. The second-order valence-electron chi connectivity index (χ2n) is 3.86. The molecule has 0 heterocycles. The Bertz CT molecular complexity index is 511. The predicted molar refractivity (Wildman–Crippen MR) is 68.2 cm³/mol. The Morgan fingerprint density at radius 2 is 2.11 bits per heavy atom. The van der Waals surface area contributed by atoms with Crippen LogP contribution < -0.4 is 9.46 Å². The molecule has 0 aliphatic heterocycles. The van der Waals surface area contributed by atoms with Gasteiger partial charge in [0.05, 0.1) is 12.9 Å². The topological polar surface area (TPSA) is 74.5 Å². The highest BCUT2D eigenvalue weighted by Gasteiger charge is 2.14. The van der Waals surface area contributed by atoms with E-state index >= 15 is 0 Å². The van der Waals surface area contributed by atoms with Crippen LogP contribution in [0.5, 0.6) is 5.75 Å². The fourth-order valence-corrected chi connectivity index (χ4v) is 1.66. The number of sulfonamides is 1. The number of benzene rings is 1. The molecule has 0 unspecified atom stereocenters. The van der Waals surface area contributed by atoms with Gasteiger partial charge >= 0.3 is 0 Å². The molecule has 0 aliphatic carbocycles. The van der Waals surface area contributed by atoms with Crippen molar-refractivity contribution in [1.82, 2.24) is 4.72 Å². The molecule has 0 aromatic heterocycles. The quantitative estimate of drug-likeness (QED) is 0.735. The first-order valence-electron chi connectivity index (χ1n) is 5.62. The largest absolute Gasteiger partial charge is 0.494 e. The normalized spacial score (nSPS) is 11.0. The lowest BCUT2D eigenvalue weighted by molar-refractivity contribution is 0.0978. The maximum atomic E-state index is 11.5. The van der Waals surface area contributed by atoms with E-state index in [2.05, 4.69) is 4.72 Å². The molecule has 1 amide bonds. The van der Waals surface area contributed by atoms with Gasteiger partial charge in [0, 0.05) is 5.56 Å². The van der Waals surface area contributed by atoms with Crippen molar-refractivity contribution in [2.75, 3.05) is 12.9 Å². The Morgan fingerprint density at radius 3 is 2.72 bits per heavy atom. The van der Waals surface area contributed by atoms with Gasteiger partial charge in [0.25, 0.3) is 15.9 Å². The molecule has 0 aliphatic rings. The number of carbonyl (C=O) groups excluding carboxylic acids is 1. The minimum absolute atomic E-state index is 0.203. The average Bonchev–Trinajstić information content (AvgIpc) is 2.27. The van der Waals surface area contributed by atoms with E-state index in [1.54, 1.807) is 12.1 Å². The van der Waals surface area contributed by atoms with Crippen LogP contribution in [0.3, 0.4) is 0 Å². The van der Waals surface area contributed by atoms with E-state index in [-0.39, 0.29) is 5.56 Å². The first-order chi connectivity index (χ1) is 8.42. The number of unbranched alkanes of at least 4 members (excludes halogenated alkanes) is 1. The maximum Gasteiger partial charge on any atom is 0.287 e. The summed E-state index contributed by atoms with van der Waals surface area (Å²) in [5.41, 5.74) is 0.203. The van der Waals surface area contributed by atoms with Crippen LogP contribution in [0.2, 0.25) is 0 Å².